The zero-order chi connectivity index (χ0) is 30.1. The molecule has 1 aliphatic heterocycles. The van der Waals surface area contributed by atoms with E-state index in [2.05, 4.69) is 5.32 Å². The first-order valence-corrected chi connectivity index (χ1v) is 13.9. The molecule has 0 bridgehead atoms. The third-order valence-electron chi connectivity index (χ3n) is 6.93. The molecule has 220 valence electrons. The fraction of sp³-hybridized carbons (Fsp3) is 0.312. The van der Waals surface area contributed by atoms with Gasteiger partial charge >= 0.3 is 11.9 Å². The predicted molar refractivity (Wildman–Crippen MR) is 156 cm³/mol. The van der Waals surface area contributed by atoms with E-state index in [9.17, 15) is 24.3 Å². The van der Waals surface area contributed by atoms with Crippen LogP contribution in [0.4, 0.5) is 5.69 Å². The number of nitrogens with zero attached hydrogens (tertiary/aromatic N) is 2. The van der Waals surface area contributed by atoms with Crippen LogP contribution in [0.15, 0.2) is 84.9 Å². The molecule has 10 heteroatoms. The van der Waals surface area contributed by atoms with Gasteiger partial charge < -0.3 is 14.6 Å². The van der Waals surface area contributed by atoms with Crippen LogP contribution in [0.2, 0.25) is 0 Å². The topological polar surface area (TPSA) is 125 Å². The molecule has 1 aliphatic rings. The zero-order valence-electron chi connectivity index (χ0n) is 23.6. The Balaban J connectivity index is 1.69. The lowest BCUT2D eigenvalue weighted by molar-refractivity contribution is -0.152. The molecule has 4 rings (SSSR count). The van der Waals surface area contributed by atoms with Crippen LogP contribution in [-0.2, 0) is 36.8 Å². The minimum Gasteiger partial charge on any atom is -0.489 e. The number of aliphatic carboxylic acids is 1. The number of hydrogen-bond acceptors (Lipinski definition) is 7. The Labute approximate surface area is 244 Å². The summed E-state index contributed by atoms with van der Waals surface area (Å²) in [4.78, 5) is 53.0. The molecule has 0 aliphatic carbocycles. The van der Waals surface area contributed by atoms with E-state index < -0.39 is 41.9 Å². The number of para-hydroxylation sites is 2. The average Bonchev–Trinajstić information content (AvgIpc) is 3.12. The van der Waals surface area contributed by atoms with Gasteiger partial charge in [-0.05, 0) is 43.0 Å². The number of carbonyl (C=O) groups is 4. The number of nitrogens with one attached hydrogen (secondary N) is 1. The molecule has 3 atom stereocenters. The van der Waals surface area contributed by atoms with Crippen molar-refractivity contribution >= 4 is 29.4 Å². The Bertz CT molecular complexity index is 1380. The fourth-order valence-corrected chi connectivity index (χ4v) is 4.93. The second kappa shape index (κ2) is 14.3. The van der Waals surface area contributed by atoms with Gasteiger partial charge in [-0.3, -0.25) is 19.7 Å². The Kier molecular flexibility index (Phi) is 10.3. The number of benzene rings is 3. The number of esters is 1. The van der Waals surface area contributed by atoms with E-state index in [4.69, 9.17) is 9.47 Å². The number of fused-ring (bicyclic) bond motifs is 1. The van der Waals surface area contributed by atoms with E-state index >= 15 is 0 Å². The summed E-state index contributed by atoms with van der Waals surface area (Å²) in [5.74, 6) is -2.79. The lowest BCUT2D eigenvalue weighted by Crippen LogP contribution is -2.62. The highest BCUT2D eigenvalue weighted by Gasteiger charge is 2.42. The Morgan fingerprint density at radius 2 is 1.62 bits per heavy atom. The Morgan fingerprint density at radius 1 is 1.00 bits per heavy atom. The monoisotopic (exact) mass is 573 g/mol. The van der Waals surface area contributed by atoms with Crippen molar-refractivity contribution in [3.8, 4) is 5.75 Å². The van der Waals surface area contributed by atoms with E-state index in [1.54, 1.807) is 55.5 Å². The van der Waals surface area contributed by atoms with Crippen LogP contribution >= 0.6 is 0 Å². The van der Waals surface area contributed by atoms with Gasteiger partial charge in [0, 0.05) is 13.3 Å². The van der Waals surface area contributed by atoms with E-state index in [0.29, 0.717) is 24.2 Å². The molecule has 0 spiro atoms. The van der Waals surface area contributed by atoms with Gasteiger partial charge in [0.25, 0.3) is 5.91 Å². The molecule has 0 radical (unpaired) electrons. The molecule has 1 heterocycles. The Hall–Kier alpha value is -4.70. The number of hydrazine groups is 1. The number of anilines is 1. The second-order valence-corrected chi connectivity index (χ2v) is 9.88. The third kappa shape index (κ3) is 7.32. The summed E-state index contributed by atoms with van der Waals surface area (Å²) in [6.45, 7) is 2.92. The highest BCUT2D eigenvalue weighted by atomic mass is 16.5. The van der Waals surface area contributed by atoms with Crippen molar-refractivity contribution in [1.29, 1.82) is 0 Å². The van der Waals surface area contributed by atoms with Gasteiger partial charge in [-0.25, -0.2) is 14.8 Å². The van der Waals surface area contributed by atoms with Gasteiger partial charge in [0.15, 0.2) is 6.04 Å². The number of hydrogen-bond donors (Lipinski definition) is 2. The highest BCUT2D eigenvalue weighted by Crippen LogP contribution is 2.34. The number of aryl methyl sites for hydroxylation is 1. The molecule has 0 aromatic heterocycles. The van der Waals surface area contributed by atoms with Crippen LogP contribution in [0.1, 0.15) is 31.4 Å². The maximum Gasteiger partial charge on any atom is 0.328 e. The number of amides is 2. The number of carboxylic acid groups (broad SMARTS) is 1. The van der Waals surface area contributed by atoms with Crippen molar-refractivity contribution < 1.29 is 33.8 Å². The van der Waals surface area contributed by atoms with Crippen molar-refractivity contribution in [3.05, 3.63) is 96.1 Å². The SMILES string of the molecule is CCOC(=O)C(CCc1ccccc1)N[C@H]1COc2ccccc2N(N(C(C)=O)[C@@H](Cc2ccccc2)C(=O)O)C1=O. The van der Waals surface area contributed by atoms with Crippen LogP contribution in [0.3, 0.4) is 0 Å². The van der Waals surface area contributed by atoms with Crippen molar-refractivity contribution in [1.82, 2.24) is 10.3 Å². The van der Waals surface area contributed by atoms with Crippen molar-refractivity contribution in [3.63, 3.8) is 0 Å². The van der Waals surface area contributed by atoms with E-state index in [-0.39, 0.29) is 25.3 Å². The van der Waals surface area contributed by atoms with E-state index in [1.165, 1.54) is 6.92 Å². The van der Waals surface area contributed by atoms with Gasteiger partial charge in [-0.1, -0.05) is 72.8 Å². The minimum atomic E-state index is -1.40. The predicted octanol–water partition coefficient (Wildman–Crippen LogP) is 3.39. The van der Waals surface area contributed by atoms with E-state index in [1.807, 2.05) is 36.4 Å². The molecule has 0 saturated heterocycles. The molecular weight excluding hydrogens is 538 g/mol. The molecular formula is C32H35N3O7. The van der Waals surface area contributed by atoms with Gasteiger partial charge in [0.1, 0.15) is 30.1 Å². The van der Waals surface area contributed by atoms with Crippen LogP contribution in [0.25, 0.3) is 0 Å². The smallest absolute Gasteiger partial charge is 0.328 e. The van der Waals surface area contributed by atoms with Gasteiger partial charge in [0.2, 0.25) is 5.91 Å². The van der Waals surface area contributed by atoms with Crippen LogP contribution in [0.5, 0.6) is 5.75 Å². The third-order valence-corrected chi connectivity index (χ3v) is 6.93. The first-order valence-electron chi connectivity index (χ1n) is 13.9. The van der Waals surface area contributed by atoms with Crippen LogP contribution in [-0.4, -0.2) is 65.2 Å². The van der Waals surface area contributed by atoms with E-state index in [0.717, 1.165) is 15.6 Å². The summed E-state index contributed by atoms with van der Waals surface area (Å²) < 4.78 is 11.3. The van der Waals surface area contributed by atoms with Gasteiger partial charge in [-0.2, -0.15) is 0 Å². The standard InChI is InChI=1S/C32H35N3O7/c1-3-41-32(40)25(19-18-23-12-6-4-7-13-23)33-26-21-42-29-17-11-10-16-27(29)35(30(26)37)34(22(2)36)28(31(38)39)20-24-14-8-5-9-15-24/h4-17,25-26,28,33H,3,18-21H2,1-2H3,(H,38,39)/t25?,26-,28-/m0/s1. The number of carboxylic acids is 1. The first kappa shape index (κ1) is 30.3. The molecule has 2 amide bonds. The summed E-state index contributed by atoms with van der Waals surface area (Å²) in [6, 6.07) is 21.7. The molecule has 2 N–H and O–H groups in total. The van der Waals surface area contributed by atoms with Gasteiger partial charge in [-0.15, -0.1) is 0 Å². The number of carbonyl (C=O) groups excluding carboxylic acids is 3. The number of rotatable bonds is 12. The molecule has 3 aromatic carbocycles. The lowest BCUT2D eigenvalue weighted by Gasteiger charge is -2.38. The summed E-state index contributed by atoms with van der Waals surface area (Å²) in [7, 11) is 0. The normalized spacial score (nSPS) is 15.9. The molecule has 10 nitrogen and oxygen atoms in total. The zero-order valence-corrected chi connectivity index (χ0v) is 23.6. The summed E-state index contributed by atoms with van der Waals surface area (Å²) in [6.07, 6.45) is 0.839. The lowest BCUT2D eigenvalue weighted by atomic mass is 10.0. The Morgan fingerprint density at radius 3 is 2.24 bits per heavy atom. The van der Waals surface area contributed by atoms with Crippen LogP contribution < -0.4 is 15.1 Å². The first-order chi connectivity index (χ1) is 20.3. The second-order valence-electron chi connectivity index (χ2n) is 9.88. The quantitative estimate of drug-likeness (QED) is 0.316. The molecule has 1 unspecified atom stereocenters. The largest absolute Gasteiger partial charge is 0.489 e. The van der Waals surface area contributed by atoms with Crippen molar-refractivity contribution in [2.24, 2.45) is 0 Å². The molecule has 0 saturated carbocycles. The maximum atomic E-state index is 14.3. The number of ether oxygens (including phenoxy) is 2. The molecule has 3 aromatic rings. The summed E-state index contributed by atoms with van der Waals surface area (Å²) in [5.41, 5.74) is 1.92. The van der Waals surface area contributed by atoms with Crippen LogP contribution in [0, 0.1) is 0 Å². The minimum absolute atomic E-state index is 0.0385. The van der Waals surface area contributed by atoms with Crippen molar-refractivity contribution in [2.75, 3.05) is 18.2 Å². The van der Waals surface area contributed by atoms with Crippen molar-refractivity contribution in [2.45, 2.75) is 51.2 Å². The fourth-order valence-electron chi connectivity index (χ4n) is 4.93. The summed E-state index contributed by atoms with van der Waals surface area (Å²) in [5, 5.41) is 15.4. The molecule has 42 heavy (non-hydrogen) atoms. The van der Waals surface area contributed by atoms with Gasteiger partial charge in [0.05, 0.1) is 6.61 Å². The highest BCUT2D eigenvalue weighted by molar-refractivity contribution is 6.02. The maximum absolute atomic E-state index is 14.3. The average molecular weight is 574 g/mol. The molecule has 0 fully saturated rings. The summed E-state index contributed by atoms with van der Waals surface area (Å²) >= 11 is 0.